The number of aliphatic hydroxyl groups is 2. The Balaban J connectivity index is 1.81. The number of carbonyl (C=O) groups is 1. The number of rotatable bonds is 12. The van der Waals surface area contributed by atoms with Gasteiger partial charge in [0, 0.05) is 6.20 Å². The summed E-state index contributed by atoms with van der Waals surface area (Å²) in [6.45, 7) is 1.71. The molecule has 1 saturated heterocycles. The third-order valence-corrected chi connectivity index (χ3v) is 5.43. The number of carbonyl (C=O) groups excluding carboxylic acids is 1. The summed E-state index contributed by atoms with van der Waals surface area (Å²) in [5.74, 6) is -0.0256. The molecule has 1 fully saturated rings. The lowest BCUT2D eigenvalue weighted by Crippen LogP contribution is -2.50. The maximum absolute atomic E-state index is 12.4. The number of nitriles is 1. The van der Waals surface area contributed by atoms with Gasteiger partial charge in [-0.05, 0) is 12.5 Å². The number of amides is 1. The molecule has 2 rings (SSSR count). The van der Waals surface area contributed by atoms with Crippen LogP contribution in [0.25, 0.3) is 0 Å². The van der Waals surface area contributed by atoms with Crippen molar-refractivity contribution in [3.05, 3.63) is 22.7 Å². The minimum Gasteiger partial charge on any atom is -0.449 e. The molecule has 31 heavy (non-hydrogen) atoms. The summed E-state index contributed by atoms with van der Waals surface area (Å²) in [6.07, 6.45) is 7.22. The van der Waals surface area contributed by atoms with Crippen LogP contribution in [0.15, 0.2) is 17.1 Å². The molecule has 3 atom stereocenters. The fourth-order valence-corrected chi connectivity index (χ4v) is 3.55. The smallest absolute Gasteiger partial charge is 0.412 e. The highest BCUT2D eigenvalue weighted by Crippen LogP contribution is 2.30. The van der Waals surface area contributed by atoms with Crippen molar-refractivity contribution >= 4 is 11.9 Å². The minimum atomic E-state index is -1.70. The van der Waals surface area contributed by atoms with E-state index in [1.54, 1.807) is 0 Å². The van der Waals surface area contributed by atoms with Crippen molar-refractivity contribution < 1.29 is 24.5 Å². The van der Waals surface area contributed by atoms with Crippen molar-refractivity contribution in [1.82, 2.24) is 9.55 Å². The number of anilines is 1. The standard InChI is InChI=1S/C21H32N4O6/c1-2-3-4-5-6-7-8-9-12-30-20(29)24-17-10-11-25(19(28)23-17)21(14-22)15-31-16(13-26)18(21)27/h10-11,16,18,26-27H,2-9,12-13,15H2,1H3,(H,23,24,28,29)/t16-,18-,21+/m1/s1. The Morgan fingerprint density at radius 2 is 2.03 bits per heavy atom. The highest BCUT2D eigenvalue weighted by atomic mass is 16.5. The van der Waals surface area contributed by atoms with E-state index in [4.69, 9.17) is 9.47 Å². The van der Waals surface area contributed by atoms with Crippen LogP contribution in [0.4, 0.5) is 10.6 Å². The van der Waals surface area contributed by atoms with Gasteiger partial charge < -0.3 is 19.7 Å². The number of unbranched alkanes of at least 4 members (excludes halogenated alkanes) is 7. The summed E-state index contributed by atoms with van der Waals surface area (Å²) >= 11 is 0. The predicted octanol–water partition coefficient (Wildman–Crippen LogP) is 1.90. The van der Waals surface area contributed by atoms with E-state index in [1.165, 1.54) is 44.4 Å². The number of hydrogen-bond acceptors (Lipinski definition) is 8. The van der Waals surface area contributed by atoms with Crippen LogP contribution >= 0.6 is 0 Å². The third kappa shape index (κ3) is 6.50. The van der Waals surface area contributed by atoms with Crippen molar-refractivity contribution in [3.63, 3.8) is 0 Å². The van der Waals surface area contributed by atoms with Crippen molar-refractivity contribution in [2.75, 3.05) is 25.1 Å². The second-order valence-electron chi connectivity index (χ2n) is 7.71. The lowest BCUT2D eigenvalue weighted by atomic mass is 9.94. The Hall–Kier alpha value is -2.48. The van der Waals surface area contributed by atoms with Gasteiger partial charge in [-0.1, -0.05) is 51.9 Å². The maximum atomic E-state index is 12.4. The zero-order valence-corrected chi connectivity index (χ0v) is 18.0. The largest absolute Gasteiger partial charge is 0.449 e. The predicted molar refractivity (Wildman–Crippen MR) is 112 cm³/mol. The fraction of sp³-hybridized carbons (Fsp3) is 0.714. The van der Waals surface area contributed by atoms with Crippen LogP contribution < -0.4 is 11.0 Å². The molecule has 1 aromatic heterocycles. The van der Waals surface area contributed by atoms with Gasteiger partial charge in [0.15, 0.2) is 5.54 Å². The lowest BCUT2D eigenvalue weighted by Gasteiger charge is -2.26. The molecular weight excluding hydrogens is 404 g/mol. The van der Waals surface area contributed by atoms with Gasteiger partial charge in [-0.3, -0.25) is 9.88 Å². The zero-order chi connectivity index (χ0) is 22.7. The van der Waals surface area contributed by atoms with Crippen LogP contribution in [0.3, 0.4) is 0 Å². The van der Waals surface area contributed by atoms with Gasteiger partial charge in [0.1, 0.15) is 18.0 Å². The van der Waals surface area contributed by atoms with Gasteiger partial charge >= 0.3 is 11.8 Å². The molecule has 1 aromatic rings. The second kappa shape index (κ2) is 12.4. The normalized spacial score (nSPS) is 22.8. The summed E-state index contributed by atoms with van der Waals surface area (Å²) in [6, 6.07) is 3.22. The molecule has 172 valence electrons. The van der Waals surface area contributed by atoms with Crippen LogP contribution in [0.5, 0.6) is 0 Å². The Kier molecular flexibility index (Phi) is 9.91. The van der Waals surface area contributed by atoms with E-state index in [0.29, 0.717) is 0 Å². The molecule has 0 aromatic carbocycles. The van der Waals surface area contributed by atoms with Crippen LogP contribution in [-0.2, 0) is 15.0 Å². The monoisotopic (exact) mass is 436 g/mol. The van der Waals surface area contributed by atoms with Gasteiger partial charge in [0.2, 0.25) is 0 Å². The SMILES string of the molecule is CCCCCCCCCCOC(=O)Nc1ccn([C@@]2(C#N)CO[C@H](CO)[C@H]2O)c(=O)n1. The molecular formula is C21H32N4O6. The highest BCUT2D eigenvalue weighted by molar-refractivity contribution is 5.83. The molecule has 0 aliphatic carbocycles. The molecule has 10 nitrogen and oxygen atoms in total. The van der Waals surface area contributed by atoms with Crippen LogP contribution in [0, 0.1) is 11.3 Å². The minimum absolute atomic E-state index is 0.0256. The molecule has 1 amide bonds. The van der Waals surface area contributed by atoms with E-state index < -0.39 is 36.1 Å². The molecule has 1 aliphatic heterocycles. The highest BCUT2D eigenvalue weighted by Gasteiger charge is 2.51. The number of nitrogens with zero attached hydrogens (tertiary/aromatic N) is 3. The maximum Gasteiger partial charge on any atom is 0.412 e. The van der Waals surface area contributed by atoms with Crippen molar-refractivity contribution in [3.8, 4) is 6.07 Å². The molecule has 1 aliphatic rings. The van der Waals surface area contributed by atoms with E-state index >= 15 is 0 Å². The average Bonchev–Trinajstić information content (AvgIpc) is 3.09. The Morgan fingerprint density at radius 3 is 2.61 bits per heavy atom. The van der Waals surface area contributed by atoms with Gasteiger partial charge in [0.05, 0.1) is 25.9 Å². The number of aliphatic hydroxyl groups excluding tert-OH is 2. The van der Waals surface area contributed by atoms with Gasteiger partial charge in [-0.15, -0.1) is 0 Å². The first-order chi connectivity index (χ1) is 15.0. The lowest BCUT2D eigenvalue weighted by molar-refractivity contribution is -0.000980. The summed E-state index contributed by atoms with van der Waals surface area (Å²) in [7, 11) is 0. The molecule has 0 unspecified atom stereocenters. The van der Waals surface area contributed by atoms with Crippen LogP contribution in [0.2, 0.25) is 0 Å². The quantitative estimate of drug-likeness (QED) is 0.421. The molecule has 0 spiro atoms. The average molecular weight is 437 g/mol. The number of hydrogen-bond donors (Lipinski definition) is 3. The Labute approximate surface area is 181 Å². The van der Waals surface area contributed by atoms with Crippen LogP contribution in [-0.4, -0.2) is 57.9 Å². The fourth-order valence-electron chi connectivity index (χ4n) is 3.55. The second-order valence-corrected chi connectivity index (χ2v) is 7.71. The first kappa shape index (κ1) is 24.8. The van der Waals surface area contributed by atoms with Gasteiger partial charge in [0.25, 0.3) is 0 Å². The van der Waals surface area contributed by atoms with E-state index in [1.807, 2.05) is 6.07 Å². The first-order valence-electron chi connectivity index (χ1n) is 10.8. The molecule has 0 saturated carbocycles. The Bertz CT molecular complexity index is 808. The topological polar surface area (TPSA) is 147 Å². The Morgan fingerprint density at radius 1 is 1.35 bits per heavy atom. The molecule has 0 radical (unpaired) electrons. The summed E-state index contributed by atoms with van der Waals surface area (Å²) in [5.41, 5.74) is -2.55. The van der Waals surface area contributed by atoms with Crippen molar-refractivity contribution in [2.24, 2.45) is 0 Å². The number of nitrogens with one attached hydrogen (secondary N) is 1. The number of ether oxygens (including phenoxy) is 2. The summed E-state index contributed by atoms with van der Waals surface area (Å²) < 4.78 is 11.3. The van der Waals surface area contributed by atoms with Gasteiger partial charge in [-0.2, -0.15) is 10.2 Å². The summed E-state index contributed by atoms with van der Waals surface area (Å²) in [4.78, 5) is 28.1. The van der Waals surface area contributed by atoms with E-state index in [2.05, 4.69) is 17.2 Å². The van der Waals surface area contributed by atoms with Gasteiger partial charge in [-0.25, -0.2) is 9.59 Å². The van der Waals surface area contributed by atoms with Crippen molar-refractivity contribution in [1.29, 1.82) is 5.26 Å². The molecule has 0 bridgehead atoms. The van der Waals surface area contributed by atoms with Crippen LogP contribution in [0.1, 0.15) is 58.3 Å². The molecule has 3 N–H and O–H groups in total. The molecule has 2 heterocycles. The van der Waals surface area contributed by atoms with Crippen molar-refractivity contribution in [2.45, 2.75) is 76.0 Å². The third-order valence-electron chi connectivity index (χ3n) is 5.43. The summed E-state index contributed by atoms with van der Waals surface area (Å²) in [5, 5.41) is 31.5. The number of aromatic nitrogens is 2. The van der Waals surface area contributed by atoms with E-state index in [0.717, 1.165) is 23.8 Å². The zero-order valence-electron chi connectivity index (χ0n) is 18.0. The van der Waals surface area contributed by atoms with E-state index in [-0.39, 0.29) is 19.0 Å². The first-order valence-corrected chi connectivity index (χ1v) is 10.8. The molecule has 10 heteroatoms. The van der Waals surface area contributed by atoms with E-state index in [9.17, 15) is 25.1 Å².